The Kier molecular flexibility index (Phi) is 3.98. The van der Waals surface area contributed by atoms with E-state index < -0.39 is 0 Å². The fourth-order valence-corrected chi connectivity index (χ4v) is 4.18. The molecule has 1 saturated carbocycles. The number of carbonyl (C=O) groups is 1. The Bertz CT molecular complexity index is 623. The van der Waals surface area contributed by atoms with Crippen molar-refractivity contribution in [3.8, 4) is 11.5 Å². The molecule has 2 fully saturated rings. The van der Waals surface area contributed by atoms with Crippen molar-refractivity contribution >= 4 is 12.0 Å². The lowest BCUT2D eigenvalue weighted by Gasteiger charge is -2.43. The van der Waals surface area contributed by atoms with Crippen molar-refractivity contribution in [1.29, 1.82) is 0 Å². The van der Waals surface area contributed by atoms with E-state index in [2.05, 4.69) is 4.90 Å². The van der Waals surface area contributed by atoms with Gasteiger partial charge in [0.15, 0.2) is 11.5 Å². The average Bonchev–Trinajstić information content (AvgIpc) is 3.07. The van der Waals surface area contributed by atoms with Crippen LogP contribution in [0.5, 0.6) is 11.5 Å². The fourth-order valence-electron chi connectivity index (χ4n) is 4.18. The molecule has 1 aromatic rings. The minimum absolute atomic E-state index is 0.152. The van der Waals surface area contributed by atoms with Crippen LogP contribution >= 0.6 is 0 Å². The average molecular weight is 313 g/mol. The highest BCUT2D eigenvalue weighted by molar-refractivity contribution is 5.92. The molecule has 1 saturated heterocycles. The molecule has 0 radical (unpaired) electrons. The van der Waals surface area contributed by atoms with Crippen LogP contribution in [0.15, 0.2) is 24.3 Å². The number of nitrogens with zero attached hydrogens (tertiary/aromatic N) is 1. The molecule has 0 aromatic heterocycles. The third-order valence-electron chi connectivity index (χ3n) is 5.34. The number of carbonyl (C=O) groups excluding carboxylic acids is 1. The van der Waals surface area contributed by atoms with E-state index in [4.69, 9.17) is 9.47 Å². The van der Waals surface area contributed by atoms with Gasteiger partial charge in [-0.05, 0) is 55.4 Å². The maximum atomic E-state index is 12.6. The molecule has 2 heterocycles. The van der Waals surface area contributed by atoms with Crippen LogP contribution in [0.4, 0.5) is 0 Å². The van der Waals surface area contributed by atoms with E-state index in [9.17, 15) is 4.79 Å². The molecule has 4 heteroatoms. The maximum Gasteiger partial charge on any atom is 0.246 e. The number of benzene rings is 1. The normalized spacial score (nSPS) is 26.3. The van der Waals surface area contributed by atoms with Crippen LogP contribution in [-0.4, -0.2) is 30.2 Å². The second-order valence-corrected chi connectivity index (χ2v) is 6.73. The van der Waals surface area contributed by atoms with Crippen LogP contribution in [0.1, 0.15) is 44.1 Å². The summed E-state index contributed by atoms with van der Waals surface area (Å²) >= 11 is 0. The first-order valence-corrected chi connectivity index (χ1v) is 8.69. The monoisotopic (exact) mass is 313 g/mol. The van der Waals surface area contributed by atoms with E-state index in [0.717, 1.165) is 35.9 Å². The minimum atomic E-state index is 0.152. The van der Waals surface area contributed by atoms with Crippen LogP contribution in [0.2, 0.25) is 0 Å². The molecule has 2 aliphatic heterocycles. The molecule has 122 valence electrons. The first-order valence-electron chi connectivity index (χ1n) is 8.69. The molecule has 1 amide bonds. The lowest BCUT2D eigenvalue weighted by molar-refractivity contribution is -0.132. The van der Waals surface area contributed by atoms with Crippen molar-refractivity contribution in [2.45, 2.75) is 44.6 Å². The summed E-state index contributed by atoms with van der Waals surface area (Å²) in [6.45, 7) is 1.18. The van der Waals surface area contributed by atoms with Gasteiger partial charge in [-0.3, -0.25) is 4.79 Å². The van der Waals surface area contributed by atoms with Crippen molar-refractivity contribution < 1.29 is 14.3 Å². The fraction of sp³-hybridized carbons (Fsp3) is 0.526. The summed E-state index contributed by atoms with van der Waals surface area (Å²) < 4.78 is 10.7. The van der Waals surface area contributed by atoms with Crippen molar-refractivity contribution in [3.63, 3.8) is 0 Å². The molecule has 4 rings (SSSR count). The molecule has 23 heavy (non-hydrogen) atoms. The van der Waals surface area contributed by atoms with Gasteiger partial charge in [0.1, 0.15) is 0 Å². The van der Waals surface area contributed by atoms with Crippen LogP contribution in [-0.2, 0) is 4.79 Å². The number of amides is 1. The topological polar surface area (TPSA) is 38.8 Å². The van der Waals surface area contributed by atoms with Gasteiger partial charge in [-0.15, -0.1) is 0 Å². The molecular weight excluding hydrogens is 290 g/mol. The number of piperidine rings is 1. The second-order valence-electron chi connectivity index (χ2n) is 6.73. The molecule has 1 aliphatic carbocycles. The largest absolute Gasteiger partial charge is 0.454 e. The van der Waals surface area contributed by atoms with Gasteiger partial charge in [-0.25, -0.2) is 0 Å². The highest BCUT2D eigenvalue weighted by Crippen LogP contribution is 2.36. The summed E-state index contributed by atoms with van der Waals surface area (Å²) in [7, 11) is 0. The standard InChI is InChI=1S/C19H23NO3/c21-19(20-11-3-5-15-4-1-2-6-16(15)20)10-8-14-7-9-17-18(12-14)23-13-22-17/h7-10,12,15-16H,1-6,11,13H2/b10-8+. The molecular formula is C19H23NO3. The Hall–Kier alpha value is -1.97. The van der Waals surface area contributed by atoms with E-state index in [1.165, 1.54) is 32.1 Å². The van der Waals surface area contributed by atoms with Gasteiger partial charge in [0, 0.05) is 18.7 Å². The lowest BCUT2D eigenvalue weighted by atomic mass is 9.78. The Morgan fingerprint density at radius 3 is 2.87 bits per heavy atom. The minimum Gasteiger partial charge on any atom is -0.454 e. The molecule has 0 spiro atoms. The molecule has 2 atom stereocenters. The summed E-state index contributed by atoms with van der Waals surface area (Å²) in [5.74, 6) is 2.40. The van der Waals surface area contributed by atoms with E-state index in [0.29, 0.717) is 6.04 Å². The first-order chi connectivity index (χ1) is 11.3. The van der Waals surface area contributed by atoms with Crippen molar-refractivity contribution in [3.05, 3.63) is 29.8 Å². The number of ether oxygens (including phenoxy) is 2. The quantitative estimate of drug-likeness (QED) is 0.783. The van der Waals surface area contributed by atoms with Gasteiger partial charge >= 0.3 is 0 Å². The summed E-state index contributed by atoms with van der Waals surface area (Å²) in [5, 5.41) is 0. The van der Waals surface area contributed by atoms with E-state index in [-0.39, 0.29) is 12.7 Å². The highest BCUT2D eigenvalue weighted by Gasteiger charge is 2.34. The smallest absolute Gasteiger partial charge is 0.246 e. The summed E-state index contributed by atoms with van der Waals surface area (Å²) in [5.41, 5.74) is 0.972. The number of hydrogen-bond donors (Lipinski definition) is 0. The first kappa shape index (κ1) is 14.6. The molecule has 0 N–H and O–H groups in total. The van der Waals surface area contributed by atoms with Crippen LogP contribution in [0.25, 0.3) is 6.08 Å². The molecule has 3 aliphatic rings. The zero-order valence-corrected chi connectivity index (χ0v) is 13.4. The van der Waals surface area contributed by atoms with E-state index >= 15 is 0 Å². The van der Waals surface area contributed by atoms with Gasteiger partial charge < -0.3 is 14.4 Å². The molecule has 4 nitrogen and oxygen atoms in total. The Balaban J connectivity index is 1.46. The van der Waals surface area contributed by atoms with Crippen molar-refractivity contribution in [2.24, 2.45) is 5.92 Å². The third kappa shape index (κ3) is 2.94. The van der Waals surface area contributed by atoms with Crippen molar-refractivity contribution in [2.75, 3.05) is 13.3 Å². The Morgan fingerprint density at radius 1 is 1.09 bits per heavy atom. The lowest BCUT2D eigenvalue weighted by Crippen LogP contribution is -2.49. The Morgan fingerprint density at radius 2 is 1.91 bits per heavy atom. The van der Waals surface area contributed by atoms with Crippen molar-refractivity contribution in [1.82, 2.24) is 4.90 Å². The molecule has 2 unspecified atom stereocenters. The third-order valence-corrected chi connectivity index (χ3v) is 5.34. The van der Waals surface area contributed by atoms with Gasteiger partial charge in [-0.2, -0.15) is 0 Å². The maximum absolute atomic E-state index is 12.6. The number of fused-ring (bicyclic) bond motifs is 2. The highest BCUT2D eigenvalue weighted by atomic mass is 16.7. The Labute approximate surface area is 137 Å². The number of rotatable bonds is 2. The van der Waals surface area contributed by atoms with E-state index in [1.54, 1.807) is 6.08 Å². The summed E-state index contributed by atoms with van der Waals surface area (Å²) in [6.07, 6.45) is 11.1. The van der Waals surface area contributed by atoms with Gasteiger partial charge in [0.2, 0.25) is 12.7 Å². The predicted octanol–water partition coefficient (Wildman–Crippen LogP) is 3.61. The molecule has 0 bridgehead atoms. The molecule has 1 aromatic carbocycles. The van der Waals surface area contributed by atoms with Gasteiger partial charge in [0.25, 0.3) is 0 Å². The zero-order chi connectivity index (χ0) is 15.6. The van der Waals surface area contributed by atoms with Gasteiger partial charge in [-0.1, -0.05) is 18.9 Å². The number of likely N-dealkylation sites (tertiary alicyclic amines) is 1. The second kappa shape index (κ2) is 6.26. The zero-order valence-electron chi connectivity index (χ0n) is 13.4. The van der Waals surface area contributed by atoms with Crippen LogP contribution < -0.4 is 9.47 Å². The predicted molar refractivity (Wildman–Crippen MR) is 88.3 cm³/mol. The van der Waals surface area contributed by atoms with Gasteiger partial charge in [0.05, 0.1) is 0 Å². The van der Waals surface area contributed by atoms with E-state index in [1.807, 2.05) is 24.3 Å². The SMILES string of the molecule is O=C(/C=C/c1ccc2c(c1)OCO2)N1CCCC2CCCCC21. The summed E-state index contributed by atoms with van der Waals surface area (Å²) in [4.78, 5) is 14.8. The number of hydrogen-bond acceptors (Lipinski definition) is 3. The van der Waals surface area contributed by atoms with Crippen LogP contribution in [0.3, 0.4) is 0 Å². The summed E-state index contributed by atoms with van der Waals surface area (Å²) in [6, 6.07) is 6.24. The van der Waals surface area contributed by atoms with Crippen LogP contribution in [0, 0.1) is 5.92 Å².